The molecule has 0 radical (unpaired) electrons. The van der Waals surface area contributed by atoms with E-state index in [2.05, 4.69) is 30.9 Å². The number of aromatic nitrogens is 3. The topological polar surface area (TPSA) is 80.0 Å². The molecule has 0 aliphatic carbocycles. The van der Waals surface area contributed by atoms with Gasteiger partial charge >= 0.3 is 5.97 Å². The third-order valence-corrected chi connectivity index (χ3v) is 8.07. The number of aryl methyl sites for hydroxylation is 2. The van der Waals surface area contributed by atoms with E-state index in [0.717, 1.165) is 25.3 Å². The maximum atomic E-state index is 14.8. The number of thiophene rings is 1. The Balaban J connectivity index is 1.36. The number of imidazole rings is 1. The van der Waals surface area contributed by atoms with E-state index in [-0.39, 0.29) is 17.3 Å². The normalized spacial score (nSPS) is 11.3. The number of esters is 1. The van der Waals surface area contributed by atoms with Gasteiger partial charge in [0.1, 0.15) is 17.4 Å². The summed E-state index contributed by atoms with van der Waals surface area (Å²) in [5, 5.41) is 0.849. The van der Waals surface area contributed by atoms with Crippen molar-refractivity contribution in [1.29, 1.82) is 0 Å². The average molecular weight is 586 g/mol. The summed E-state index contributed by atoms with van der Waals surface area (Å²) in [6.07, 6.45) is 4.85. The molecule has 0 saturated carbocycles. The molecule has 2 N–H and O–H groups in total. The van der Waals surface area contributed by atoms with E-state index in [4.69, 9.17) is 9.47 Å². The van der Waals surface area contributed by atoms with E-state index in [1.54, 1.807) is 30.7 Å². The maximum absolute atomic E-state index is 14.8. The van der Waals surface area contributed by atoms with Crippen molar-refractivity contribution >= 4 is 44.1 Å². The van der Waals surface area contributed by atoms with E-state index in [0.29, 0.717) is 41.9 Å². The lowest BCUT2D eigenvalue weighted by Gasteiger charge is -2.12. The van der Waals surface area contributed by atoms with Crippen LogP contribution in [0.3, 0.4) is 0 Å². The minimum Gasteiger partial charge on any atom is -0.469 e. The van der Waals surface area contributed by atoms with Gasteiger partial charge in [0.15, 0.2) is 11.6 Å². The van der Waals surface area contributed by atoms with Crippen LogP contribution in [0, 0.1) is 18.6 Å². The summed E-state index contributed by atoms with van der Waals surface area (Å²) in [6.45, 7) is 1.78. The lowest BCUT2D eigenvalue weighted by atomic mass is 10.1. The first-order valence-corrected chi connectivity index (χ1v) is 13.0. The molecule has 6 nitrogen and oxygen atoms in total. The lowest BCUT2D eigenvalue weighted by molar-refractivity contribution is -0.140. The number of hydrogen-bond acceptors (Lipinski definition) is 5. The molecule has 5 aromatic rings. The molecule has 3 heterocycles. The molecule has 0 aliphatic heterocycles. The molecule has 0 atom stereocenters. The number of carbonyl (C=O) groups is 1. The summed E-state index contributed by atoms with van der Waals surface area (Å²) in [5.74, 6) is -0.509. The van der Waals surface area contributed by atoms with Gasteiger partial charge in [-0.2, -0.15) is 0 Å². The molecule has 10 heteroatoms. The molecule has 0 fully saturated rings. The summed E-state index contributed by atoms with van der Waals surface area (Å²) in [4.78, 5) is 23.0. The van der Waals surface area contributed by atoms with Gasteiger partial charge in [-0.15, -0.1) is 11.3 Å². The largest absolute Gasteiger partial charge is 0.469 e. The van der Waals surface area contributed by atoms with E-state index in [1.165, 1.54) is 31.4 Å². The van der Waals surface area contributed by atoms with Gasteiger partial charge in [-0.25, -0.2) is 13.8 Å². The van der Waals surface area contributed by atoms with Crippen molar-refractivity contribution in [3.05, 3.63) is 85.9 Å². The van der Waals surface area contributed by atoms with Gasteiger partial charge in [-0.3, -0.25) is 4.79 Å². The number of H-pyrrole nitrogens is 2. The Hall–Kier alpha value is -3.50. The smallest absolute Gasteiger partial charge is 0.305 e. The molecule has 5 rings (SSSR count). The fourth-order valence-electron chi connectivity index (χ4n) is 4.14. The average Bonchev–Trinajstić information content (AvgIpc) is 3.62. The zero-order valence-electron chi connectivity index (χ0n) is 20.0. The third-order valence-electron chi connectivity index (χ3n) is 6.05. The molecular formula is C27H22BrF2N3O3S. The number of nitrogens with one attached hydrogen (secondary N) is 2. The second-order valence-electron chi connectivity index (χ2n) is 8.52. The molecule has 37 heavy (non-hydrogen) atoms. The van der Waals surface area contributed by atoms with Crippen LogP contribution in [0.25, 0.3) is 22.3 Å². The number of rotatable bonds is 8. The van der Waals surface area contributed by atoms with Crippen molar-refractivity contribution in [3.8, 4) is 22.9 Å². The summed E-state index contributed by atoms with van der Waals surface area (Å²) >= 11 is 5.15. The quantitative estimate of drug-likeness (QED) is 0.185. The van der Waals surface area contributed by atoms with Gasteiger partial charge in [-0.1, -0.05) is 0 Å². The van der Waals surface area contributed by atoms with Crippen molar-refractivity contribution in [1.82, 2.24) is 15.0 Å². The van der Waals surface area contributed by atoms with Crippen LogP contribution >= 0.6 is 27.3 Å². The minimum absolute atomic E-state index is 0.0927. The molecule has 2 aromatic carbocycles. The molecule has 0 aliphatic rings. The highest BCUT2D eigenvalue weighted by molar-refractivity contribution is 9.11. The van der Waals surface area contributed by atoms with Crippen LogP contribution in [0.4, 0.5) is 8.78 Å². The van der Waals surface area contributed by atoms with Crippen molar-refractivity contribution in [2.75, 3.05) is 7.11 Å². The molecule has 0 saturated heterocycles. The first kappa shape index (κ1) is 25.2. The third kappa shape index (κ3) is 5.30. The van der Waals surface area contributed by atoms with Crippen LogP contribution in [0.2, 0.25) is 0 Å². The fourth-order valence-corrected chi connectivity index (χ4v) is 5.91. The number of aromatic amines is 2. The molecule has 190 valence electrons. The first-order chi connectivity index (χ1) is 17.8. The van der Waals surface area contributed by atoms with Crippen LogP contribution in [0.5, 0.6) is 11.5 Å². The van der Waals surface area contributed by atoms with E-state index >= 15 is 0 Å². The number of ether oxygens (including phenoxy) is 2. The number of halogens is 3. The second-order valence-corrected chi connectivity index (χ2v) is 11.0. The van der Waals surface area contributed by atoms with Gasteiger partial charge < -0.3 is 19.4 Å². The van der Waals surface area contributed by atoms with Crippen LogP contribution in [0.1, 0.15) is 28.1 Å². The summed E-state index contributed by atoms with van der Waals surface area (Å²) in [6, 6.07) is 9.50. The maximum Gasteiger partial charge on any atom is 0.305 e. The van der Waals surface area contributed by atoms with Crippen LogP contribution < -0.4 is 4.74 Å². The number of methoxy groups -OCH3 is 1. The van der Waals surface area contributed by atoms with Gasteiger partial charge in [0.05, 0.1) is 22.9 Å². The summed E-state index contributed by atoms with van der Waals surface area (Å²) < 4.78 is 41.0. The van der Waals surface area contributed by atoms with Gasteiger partial charge in [0, 0.05) is 51.9 Å². The van der Waals surface area contributed by atoms with E-state index < -0.39 is 11.6 Å². The Kier molecular flexibility index (Phi) is 7.12. The van der Waals surface area contributed by atoms with Crippen LogP contribution in [0.15, 0.2) is 52.6 Å². The molecule has 3 aromatic heterocycles. The predicted octanol–water partition coefficient (Wildman–Crippen LogP) is 7.46. The predicted molar refractivity (Wildman–Crippen MR) is 142 cm³/mol. The number of nitrogens with zero attached hydrogens (tertiary/aromatic N) is 1. The fraction of sp³-hybridized carbons (Fsp3) is 0.185. The number of fused-ring (bicyclic) bond motifs is 1. The monoisotopic (exact) mass is 585 g/mol. The highest BCUT2D eigenvalue weighted by Crippen LogP contribution is 2.36. The van der Waals surface area contributed by atoms with E-state index in [1.807, 2.05) is 12.1 Å². The van der Waals surface area contributed by atoms with Crippen LogP contribution in [-0.4, -0.2) is 28.0 Å². The van der Waals surface area contributed by atoms with Crippen molar-refractivity contribution < 1.29 is 23.0 Å². The Morgan fingerprint density at radius 2 is 2.00 bits per heavy atom. The zero-order valence-corrected chi connectivity index (χ0v) is 22.4. The van der Waals surface area contributed by atoms with Gasteiger partial charge in [0.2, 0.25) is 0 Å². The molecule has 0 spiro atoms. The van der Waals surface area contributed by atoms with E-state index in [9.17, 15) is 13.6 Å². The lowest BCUT2D eigenvalue weighted by Crippen LogP contribution is -2.00. The number of carbonyl (C=O) groups excluding carboxylic acids is 1. The molecule has 0 bridgehead atoms. The first-order valence-electron chi connectivity index (χ1n) is 11.4. The number of hydrogen-bond donors (Lipinski definition) is 2. The minimum atomic E-state index is -0.508. The second kappa shape index (κ2) is 10.5. The molecule has 0 unspecified atom stereocenters. The molecular weight excluding hydrogens is 564 g/mol. The summed E-state index contributed by atoms with van der Waals surface area (Å²) in [5.41, 5.74) is 3.36. The highest BCUT2D eigenvalue weighted by atomic mass is 79.9. The summed E-state index contributed by atoms with van der Waals surface area (Å²) in [7, 11) is 1.38. The highest BCUT2D eigenvalue weighted by Gasteiger charge is 2.17. The van der Waals surface area contributed by atoms with Crippen LogP contribution in [-0.2, 0) is 22.4 Å². The zero-order chi connectivity index (χ0) is 26.1. The standard InChI is InChI=1S/C27H22BrF2N3O3S/c1-14-19-7-8-31-23(19)12-22(30)25(14)36-17-3-5-21(29)20(11-17)27-32-13-16(33-27)9-15-10-18(37-26(15)28)4-6-24(34)35-2/h3,5,7-8,10-13,31H,4,6,9H2,1-2H3,(H,32,33). The van der Waals surface area contributed by atoms with Crippen molar-refractivity contribution in [2.45, 2.75) is 26.2 Å². The Morgan fingerprint density at radius 1 is 1.16 bits per heavy atom. The van der Waals surface area contributed by atoms with Gasteiger partial charge in [-0.05, 0) is 65.2 Å². The van der Waals surface area contributed by atoms with Crippen molar-refractivity contribution in [2.24, 2.45) is 0 Å². The van der Waals surface area contributed by atoms with Gasteiger partial charge in [0.25, 0.3) is 0 Å². The SMILES string of the molecule is COC(=O)CCc1cc(Cc2cnc(-c3cc(Oc4c(F)cc5[nH]ccc5c4C)ccc3F)[nH]2)c(Br)s1. The van der Waals surface area contributed by atoms with Crippen molar-refractivity contribution in [3.63, 3.8) is 0 Å². The Morgan fingerprint density at radius 3 is 2.81 bits per heavy atom. The Labute approximate surface area is 223 Å². The Bertz CT molecular complexity index is 1610. The molecule has 0 amide bonds. The number of benzene rings is 2.